The summed E-state index contributed by atoms with van der Waals surface area (Å²) in [5.74, 6) is 0.0183. The molecule has 0 rings (SSSR count). The maximum absolute atomic E-state index is 11.5. The zero-order valence-electron chi connectivity index (χ0n) is 12.5. The quantitative estimate of drug-likeness (QED) is 0.565. The van der Waals surface area contributed by atoms with Crippen LogP contribution in [0.25, 0.3) is 0 Å². The lowest BCUT2D eigenvalue weighted by atomic mass is 9.88. The Bertz CT molecular complexity index is 278. The van der Waals surface area contributed by atoms with Crippen molar-refractivity contribution < 1.29 is 14.7 Å². The van der Waals surface area contributed by atoms with E-state index in [1.54, 1.807) is 0 Å². The molecule has 0 aromatic heterocycles. The van der Waals surface area contributed by atoms with Crippen LogP contribution in [-0.2, 0) is 9.59 Å². The fourth-order valence-corrected chi connectivity index (χ4v) is 1.88. The molecule has 5 heteroatoms. The van der Waals surface area contributed by atoms with Crippen molar-refractivity contribution in [3.05, 3.63) is 0 Å². The Balaban J connectivity index is 3.86. The van der Waals surface area contributed by atoms with E-state index in [9.17, 15) is 9.59 Å². The van der Waals surface area contributed by atoms with Gasteiger partial charge >= 0.3 is 5.97 Å². The minimum absolute atomic E-state index is 0.00515. The predicted molar refractivity (Wildman–Crippen MR) is 76.0 cm³/mol. The number of amides is 1. The van der Waals surface area contributed by atoms with Gasteiger partial charge in [-0.05, 0) is 24.7 Å². The van der Waals surface area contributed by atoms with Crippen molar-refractivity contribution in [1.82, 2.24) is 10.6 Å². The number of aliphatic carboxylic acids is 1. The number of carboxylic acids is 1. The Labute approximate surface area is 116 Å². The summed E-state index contributed by atoms with van der Waals surface area (Å²) in [4.78, 5) is 22.1. The molecular formula is C14H28N2O3. The molecule has 0 heterocycles. The standard InChI is InChI=1S/C14H28N2O3/c1-10(2)12(5-6-14(18)19)7-8-15-13(17)9-16-11(3)4/h10-12,16H,5-9H2,1-4H3,(H,15,17)(H,18,19). The molecule has 0 aromatic rings. The van der Waals surface area contributed by atoms with Gasteiger partial charge in [0.15, 0.2) is 0 Å². The Kier molecular flexibility index (Phi) is 9.21. The second-order valence-corrected chi connectivity index (χ2v) is 5.61. The Morgan fingerprint density at radius 2 is 1.74 bits per heavy atom. The molecular weight excluding hydrogens is 244 g/mol. The van der Waals surface area contributed by atoms with Crippen LogP contribution >= 0.6 is 0 Å². The summed E-state index contributed by atoms with van der Waals surface area (Å²) in [5.41, 5.74) is 0. The highest BCUT2D eigenvalue weighted by Gasteiger charge is 2.15. The van der Waals surface area contributed by atoms with Gasteiger partial charge in [-0.3, -0.25) is 9.59 Å². The number of carboxylic acid groups (broad SMARTS) is 1. The van der Waals surface area contributed by atoms with E-state index in [1.807, 2.05) is 13.8 Å². The summed E-state index contributed by atoms with van der Waals surface area (Å²) in [6.07, 6.45) is 1.71. The second kappa shape index (κ2) is 9.78. The first kappa shape index (κ1) is 17.9. The molecule has 1 amide bonds. The molecule has 112 valence electrons. The van der Waals surface area contributed by atoms with E-state index in [1.165, 1.54) is 0 Å². The van der Waals surface area contributed by atoms with Crippen LogP contribution in [0, 0.1) is 11.8 Å². The molecule has 0 saturated carbocycles. The molecule has 0 saturated heterocycles. The number of hydrogen-bond acceptors (Lipinski definition) is 3. The van der Waals surface area contributed by atoms with Crippen molar-refractivity contribution in [3.8, 4) is 0 Å². The first-order valence-corrected chi connectivity index (χ1v) is 7.04. The average Bonchev–Trinajstić information content (AvgIpc) is 2.30. The van der Waals surface area contributed by atoms with Crippen LogP contribution < -0.4 is 10.6 Å². The van der Waals surface area contributed by atoms with E-state index in [-0.39, 0.29) is 12.3 Å². The lowest BCUT2D eigenvalue weighted by Crippen LogP contribution is -2.37. The van der Waals surface area contributed by atoms with E-state index >= 15 is 0 Å². The van der Waals surface area contributed by atoms with Crippen molar-refractivity contribution in [3.63, 3.8) is 0 Å². The number of carbonyl (C=O) groups is 2. The van der Waals surface area contributed by atoms with Gasteiger partial charge in [-0.2, -0.15) is 0 Å². The molecule has 1 atom stereocenters. The van der Waals surface area contributed by atoms with Gasteiger partial charge in [0.2, 0.25) is 5.91 Å². The third-order valence-electron chi connectivity index (χ3n) is 3.18. The molecule has 0 fully saturated rings. The fraction of sp³-hybridized carbons (Fsp3) is 0.857. The summed E-state index contributed by atoms with van der Waals surface area (Å²) in [6.45, 7) is 9.12. The lowest BCUT2D eigenvalue weighted by molar-refractivity contribution is -0.137. The Morgan fingerprint density at radius 3 is 2.21 bits per heavy atom. The Hall–Kier alpha value is -1.10. The molecule has 0 aliphatic carbocycles. The molecule has 0 bridgehead atoms. The highest BCUT2D eigenvalue weighted by Crippen LogP contribution is 2.20. The van der Waals surface area contributed by atoms with Gasteiger partial charge in [-0.25, -0.2) is 0 Å². The third-order valence-corrected chi connectivity index (χ3v) is 3.18. The molecule has 0 aromatic carbocycles. The molecule has 1 unspecified atom stereocenters. The SMILES string of the molecule is CC(C)NCC(=O)NCCC(CCC(=O)O)C(C)C. The van der Waals surface area contributed by atoms with Crippen LogP contribution in [0.15, 0.2) is 0 Å². The number of rotatable bonds is 10. The number of nitrogens with one attached hydrogen (secondary N) is 2. The first-order chi connectivity index (χ1) is 8.82. The van der Waals surface area contributed by atoms with Crippen molar-refractivity contribution in [2.24, 2.45) is 11.8 Å². The fourth-order valence-electron chi connectivity index (χ4n) is 1.88. The van der Waals surface area contributed by atoms with Gasteiger partial charge in [0, 0.05) is 19.0 Å². The molecule has 0 aliphatic heterocycles. The maximum atomic E-state index is 11.5. The Morgan fingerprint density at radius 1 is 1.11 bits per heavy atom. The second-order valence-electron chi connectivity index (χ2n) is 5.61. The number of hydrogen-bond donors (Lipinski definition) is 3. The van der Waals surface area contributed by atoms with Crippen LogP contribution in [0.1, 0.15) is 47.0 Å². The smallest absolute Gasteiger partial charge is 0.303 e. The summed E-state index contributed by atoms with van der Waals surface area (Å²) in [6, 6.07) is 0.296. The van der Waals surface area contributed by atoms with Crippen LogP contribution in [0.5, 0.6) is 0 Å². The van der Waals surface area contributed by atoms with Gasteiger partial charge in [0.25, 0.3) is 0 Å². The monoisotopic (exact) mass is 272 g/mol. The predicted octanol–water partition coefficient (Wildman–Crippen LogP) is 1.63. The van der Waals surface area contributed by atoms with E-state index in [2.05, 4.69) is 24.5 Å². The van der Waals surface area contributed by atoms with Gasteiger partial charge in [-0.15, -0.1) is 0 Å². The van der Waals surface area contributed by atoms with Crippen LogP contribution in [-0.4, -0.2) is 36.1 Å². The van der Waals surface area contributed by atoms with Crippen LogP contribution in [0.4, 0.5) is 0 Å². The van der Waals surface area contributed by atoms with Crippen molar-refractivity contribution in [1.29, 1.82) is 0 Å². The molecule has 0 spiro atoms. The van der Waals surface area contributed by atoms with Crippen LogP contribution in [0.2, 0.25) is 0 Å². The minimum Gasteiger partial charge on any atom is -0.481 e. The topological polar surface area (TPSA) is 78.4 Å². The van der Waals surface area contributed by atoms with Crippen LogP contribution in [0.3, 0.4) is 0 Å². The summed E-state index contributed by atoms with van der Waals surface area (Å²) >= 11 is 0. The van der Waals surface area contributed by atoms with Gasteiger partial charge < -0.3 is 15.7 Å². The highest BCUT2D eigenvalue weighted by atomic mass is 16.4. The zero-order chi connectivity index (χ0) is 14.8. The first-order valence-electron chi connectivity index (χ1n) is 7.04. The van der Waals surface area contributed by atoms with Gasteiger partial charge in [0.05, 0.1) is 6.54 Å². The molecule has 19 heavy (non-hydrogen) atoms. The van der Waals surface area contributed by atoms with Gasteiger partial charge in [-0.1, -0.05) is 27.7 Å². The van der Waals surface area contributed by atoms with E-state index in [4.69, 9.17) is 5.11 Å². The highest BCUT2D eigenvalue weighted by molar-refractivity contribution is 5.77. The van der Waals surface area contributed by atoms with Crippen molar-refractivity contribution in [2.45, 2.75) is 53.0 Å². The summed E-state index contributed by atoms with van der Waals surface area (Å²) in [5, 5.41) is 14.6. The lowest BCUT2D eigenvalue weighted by Gasteiger charge is -2.20. The normalized spacial score (nSPS) is 12.7. The van der Waals surface area contributed by atoms with E-state index in [0.717, 1.165) is 6.42 Å². The summed E-state index contributed by atoms with van der Waals surface area (Å²) < 4.78 is 0. The average molecular weight is 272 g/mol. The van der Waals surface area contributed by atoms with Crippen molar-refractivity contribution >= 4 is 11.9 Å². The third kappa shape index (κ3) is 10.5. The molecule has 3 N–H and O–H groups in total. The maximum Gasteiger partial charge on any atom is 0.303 e. The number of carbonyl (C=O) groups excluding carboxylic acids is 1. The molecule has 5 nitrogen and oxygen atoms in total. The van der Waals surface area contributed by atoms with Crippen molar-refractivity contribution in [2.75, 3.05) is 13.1 Å². The van der Waals surface area contributed by atoms with Gasteiger partial charge in [0.1, 0.15) is 0 Å². The summed E-state index contributed by atoms with van der Waals surface area (Å²) in [7, 11) is 0. The molecule has 0 aliphatic rings. The van der Waals surface area contributed by atoms with E-state index in [0.29, 0.717) is 37.4 Å². The zero-order valence-corrected chi connectivity index (χ0v) is 12.5. The van der Waals surface area contributed by atoms with E-state index < -0.39 is 5.97 Å². The minimum atomic E-state index is -0.754. The molecule has 0 radical (unpaired) electrons. The largest absolute Gasteiger partial charge is 0.481 e.